The molecule has 0 saturated heterocycles. The number of rotatable bonds is 5. The molecule has 0 aliphatic carbocycles. The first kappa shape index (κ1) is 17.2. The van der Waals surface area contributed by atoms with Crippen molar-refractivity contribution >= 4 is 33.9 Å². The summed E-state index contributed by atoms with van der Waals surface area (Å²) in [4.78, 5) is 16.3. The molecule has 0 spiro atoms. The summed E-state index contributed by atoms with van der Waals surface area (Å²) in [6.07, 6.45) is 1.69. The van der Waals surface area contributed by atoms with Gasteiger partial charge in [-0.3, -0.25) is 0 Å². The number of carbonyl (C=O) groups excluding carboxylic acids is 1. The molecule has 4 nitrogen and oxygen atoms in total. The lowest BCUT2D eigenvalue weighted by atomic mass is 10.2. The maximum Gasteiger partial charge on any atom is 0.363 e. The van der Waals surface area contributed by atoms with Crippen LogP contribution in [0.3, 0.4) is 0 Å². The molecule has 3 rings (SSSR count). The molecular weight excluding hydrogens is 382 g/mol. The van der Waals surface area contributed by atoms with E-state index in [0.717, 1.165) is 26.9 Å². The molecule has 0 N–H and O–H groups in total. The van der Waals surface area contributed by atoms with Crippen molar-refractivity contribution in [3.05, 3.63) is 82.0 Å². The third kappa shape index (κ3) is 4.45. The number of esters is 1. The maximum atomic E-state index is 12.0. The molecule has 0 aromatic heterocycles. The molecule has 0 atom stereocenters. The molecule has 2 aromatic carbocycles. The summed E-state index contributed by atoms with van der Waals surface area (Å²) in [5.74, 6) is 0.601. The quantitative estimate of drug-likeness (QED) is 0.415. The highest BCUT2D eigenvalue weighted by atomic mass is 79.9. The van der Waals surface area contributed by atoms with Crippen molar-refractivity contribution in [2.24, 2.45) is 4.99 Å². The largest absolute Gasteiger partial charge is 0.489 e. The van der Waals surface area contributed by atoms with Crippen LogP contribution in [0.5, 0.6) is 5.75 Å². The SMILES string of the molecule is C=C(C)COc1ccc(/C=C2\N=C(c3ccc(Br)cc3)OC2=O)cc1. The topological polar surface area (TPSA) is 47.9 Å². The Labute approximate surface area is 154 Å². The van der Waals surface area contributed by atoms with Crippen LogP contribution < -0.4 is 4.74 Å². The third-order valence-corrected chi connectivity index (χ3v) is 3.91. The zero-order chi connectivity index (χ0) is 17.8. The lowest BCUT2D eigenvalue weighted by Gasteiger charge is -2.05. The Morgan fingerprint density at radius 1 is 1.20 bits per heavy atom. The van der Waals surface area contributed by atoms with Gasteiger partial charge in [-0.25, -0.2) is 9.79 Å². The van der Waals surface area contributed by atoms with Crippen molar-refractivity contribution < 1.29 is 14.3 Å². The van der Waals surface area contributed by atoms with Gasteiger partial charge in [0.15, 0.2) is 5.70 Å². The monoisotopic (exact) mass is 397 g/mol. The van der Waals surface area contributed by atoms with E-state index in [-0.39, 0.29) is 5.70 Å². The van der Waals surface area contributed by atoms with Crippen LogP contribution in [-0.4, -0.2) is 18.5 Å². The van der Waals surface area contributed by atoms with Crippen LogP contribution in [0.25, 0.3) is 6.08 Å². The number of halogens is 1. The van der Waals surface area contributed by atoms with Gasteiger partial charge in [0.1, 0.15) is 12.4 Å². The molecular formula is C20H16BrNO3. The smallest absolute Gasteiger partial charge is 0.363 e. The highest BCUT2D eigenvalue weighted by molar-refractivity contribution is 9.10. The minimum atomic E-state index is -0.458. The van der Waals surface area contributed by atoms with Gasteiger partial charge >= 0.3 is 5.97 Å². The van der Waals surface area contributed by atoms with Crippen molar-refractivity contribution in [2.75, 3.05) is 6.61 Å². The Kier molecular flexibility index (Phi) is 5.14. The second kappa shape index (κ2) is 7.49. The van der Waals surface area contributed by atoms with Gasteiger partial charge in [-0.05, 0) is 60.5 Å². The molecule has 1 aliphatic heterocycles. The van der Waals surface area contributed by atoms with E-state index in [1.165, 1.54) is 0 Å². The Morgan fingerprint density at radius 2 is 1.88 bits per heavy atom. The van der Waals surface area contributed by atoms with Crippen molar-refractivity contribution in [2.45, 2.75) is 6.92 Å². The minimum Gasteiger partial charge on any atom is -0.489 e. The highest BCUT2D eigenvalue weighted by Gasteiger charge is 2.23. The number of aliphatic imine (C=N–C) groups is 1. The van der Waals surface area contributed by atoms with E-state index in [1.54, 1.807) is 6.08 Å². The lowest BCUT2D eigenvalue weighted by Crippen LogP contribution is -2.05. The van der Waals surface area contributed by atoms with E-state index in [0.29, 0.717) is 12.5 Å². The molecule has 2 aromatic rings. The van der Waals surface area contributed by atoms with Gasteiger partial charge in [-0.15, -0.1) is 0 Å². The van der Waals surface area contributed by atoms with E-state index in [4.69, 9.17) is 9.47 Å². The second-order valence-corrected chi connectivity index (χ2v) is 6.57. The molecule has 0 fully saturated rings. The van der Waals surface area contributed by atoms with Crippen LogP contribution >= 0.6 is 15.9 Å². The summed E-state index contributed by atoms with van der Waals surface area (Å²) in [5, 5.41) is 0. The molecule has 0 bridgehead atoms. The van der Waals surface area contributed by atoms with E-state index < -0.39 is 5.97 Å². The summed E-state index contributed by atoms with van der Waals surface area (Å²) >= 11 is 3.37. The van der Waals surface area contributed by atoms with Gasteiger partial charge in [0.2, 0.25) is 5.90 Å². The summed E-state index contributed by atoms with van der Waals surface area (Å²) in [7, 11) is 0. The van der Waals surface area contributed by atoms with Crippen molar-refractivity contribution in [1.29, 1.82) is 0 Å². The Hall–Kier alpha value is -2.66. The van der Waals surface area contributed by atoms with Crippen LogP contribution in [0.15, 0.2) is 75.8 Å². The summed E-state index contributed by atoms with van der Waals surface area (Å²) < 4.78 is 11.8. The Balaban J connectivity index is 1.77. The molecule has 5 heteroatoms. The van der Waals surface area contributed by atoms with E-state index in [2.05, 4.69) is 27.5 Å². The van der Waals surface area contributed by atoms with Gasteiger partial charge in [0.05, 0.1) is 0 Å². The predicted molar refractivity (Wildman–Crippen MR) is 101 cm³/mol. The fourth-order valence-electron chi connectivity index (χ4n) is 2.15. The Bertz CT molecular complexity index is 865. The molecule has 0 saturated carbocycles. The molecule has 0 radical (unpaired) electrons. The summed E-state index contributed by atoms with van der Waals surface area (Å²) in [5.41, 5.74) is 2.82. The maximum absolute atomic E-state index is 12.0. The molecule has 1 heterocycles. The van der Waals surface area contributed by atoms with Gasteiger partial charge in [-0.2, -0.15) is 0 Å². The average Bonchev–Trinajstić information content (AvgIpc) is 2.95. The van der Waals surface area contributed by atoms with Crippen LogP contribution in [-0.2, 0) is 9.53 Å². The van der Waals surface area contributed by atoms with Crippen LogP contribution in [0, 0.1) is 0 Å². The first-order valence-electron chi connectivity index (χ1n) is 7.67. The van der Waals surface area contributed by atoms with Gasteiger partial charge < -0.3 is 9.47 Å². The van der Waals surface area contributed by atoms with Crippen LogP contribution in [0.2, 0.25) is 0 Å². The average molecular weight is 398 g/mol. The number of hydrogen-bond donors (Lipinski definition) is 0. The fraction of sp³-hybridized carbons (Fsp3) is 0.100. The molecule has 25 heavy (non-hydrogen) atoms. The number of cyclic esters (lactones) is 1. The Morgan fingerprint density at radius 3 is 2.52 bits per heavy atom. The highest BCUT2D eigenvalue weighted by Crippen LogP contribution is 2.21. The predicted octanol–water partition coefficient (Wildman–Crippen LogP) is 4.75. The van der Waals surface area contributed by atoms with E-state index in [9.17, 15) is 4.79 Å². The number of hydrogen-bond acceptors (Lipinski definition) is 4. The first-order chi connectivity index (χ1) is 12.0. The van der Waals surface area contributed by atoms with Crippen molar-refractivity contribution in [1.82, 2.24) is 0 Å². The van der Waals surface area contributed by atoms with E-state index >= 15 is 0 Å². The number of nitrogens with zero attached hydrogens (tertiary/aromatic N) is 1. The van der Waals surface area contributed by atoms with Crippen LogP contribution in [0.4, 0.5) is 0 Å². The minimum absolute atomic E-state index is 0.272. The number of carbonyl (C=O) groups is 1. The molecule has 0 unspecified atom stereocenters. The first-order valence-corrected chi connectivity index (χ1v) is 8.46. The molecule has 1 aliphatic rings. The normalized spacial score (nSPS) is 15.0. The zero-order valence-corrected chi connectivity index (χ0v) is 15.2. The summed E-state index contributed by atoms with van der Waals surface area (Å²) in [6, 6.07) is 14.8. The third-order valence-electron chi connectivity index (χ3n) is 3.38. The van der Waals surface area contributed by atoms with Crippen molar-refractivity contribution in [3.63, 3.8) is 0 Å². The fourth-order valence-corrected chi connectivity index (χ4v) is 2.41. The lowest BCUT2D eigenvalue weighted by molar-refractivity contribution is -0.129. The second-order valence-electron chi connectivity index (χ2n) is 5.66. The van der Waals surface area contributed by atoms with Crippen LogP contribution in [0.1, 0.15) is 18.1 Å². The zero-order valence-electron chi connectivity index (χ0n) is 13.7. The number of benzene rings is 2. The van der Waals surface area contributed by atoms with Gasteiger partial charge in [0.25, 0.3) is 0 Å². The summed E-state index contributed by atoms with van der Waals surface area (Å²) in [6.45, 7) is 6.19. The van der Waals surface area contributed by atoms with Gasteiger partial charge in [0, 0.05) is 10.0 Å². The van der Waals surface area contributed by atoms with Crippen molar-refractivity contribution in [3.8, 4) is 5.75 Å². The van der Waals surface area contributed by atoms with E-state index in [1.807, 2.05) is 55.5 Å². The number of ether oxygens (including phenoxy) is 2. The standard InChI is InChI=1S/C20H16BrNO3/c1-13(2)12-24-17-9-3-14(4-10-17)11-18-20(23)25-19(22-18)15-5-7-16(21)8-6-15/h3-11H,1,12H2,2H3/b18-11-. The molecule has 0 amide bonds. The van der Waals surface area contributed by atoms with Gasteiger partial charge in [-0.1, -0.05) is 34.6 Å². The molecule has 126 valence electrons.